The summed E-state index contributed by atoms with van der Waals surface area (Å²) in [5.41, 5.74) is 0. The van der Waals surface area contributed by atoms with E-state index < -0.39 is 15.9 Å². The van der Waals surface area contributed by atoms with Crippen LogP contribution in [0.2, 0.25) is 0 Å². The molecule has 17 heavy (non-hydrogen) atoms. The minimum atomic E-state index is -2.92. The number of hydrogen-bond acceptors (Lipinski definition) is 4. The lowest BCUT2D eigenvalue weighted by Crippen LogP contribution is -2.35. The van der Waals surface area contributed by atoms with Gasteiger partial charge in [0.1, 0.15) is 0 Å². The van der Waals surface area contributed by atoms with Crippen molar-refractivity contribution in [2.24, 2.45) is 11.8 Å². The van der Waals surface area contributed by atoms with Crippen molar-refractivity contribution in [1.82, 2.24) is 5.32 Å². The Hall–Kier alpha value is -0.620. The van der Waals surface area contributed by atoms with Gasteiger partial charge in [-0.15, -0.1) is 0 Å². The number of hydrogen-bond donors (Lipinski definition) is 2. The van der Waals surface area contributed by atoms with Gasteiger partial charge in [-0.2, -0.15) is 0 Å². The number of rotatable bonds is 5. The maximum atomic E-state index is 11.5. The average molecular weight is 263 g/mol. The van der Waals surface area contributed by atoms with Gasteiger partial charge < -0.3 is 10.4 Å². The molecule has 5 nitrogen and oxygen atoms in total. The number of nitrogens with one attached hydrogen (secondary N) is 1. The van der Waals surface area contributed by atoms with Crippen LogP contribution < -0.4 is 5.32 Å². The fourth-order valence-corrected chi connectivity index (χ4v) is 3.68. The van der Waals surface area contributed by atoms with Gasteiger partial charge in [-0.3, -0.25) is 4.79 Å². The van der Waals surface area contributed by atoms with Crippen LogP contribution in [0.15, 0.2) is 0 Å². The van der Waals surface area contributed by atoms with Gasteiger partial charge in [0.2, 0.25) is 5.91 Å². The third kappa shape index (κ3) is 5.04. The molecule has 1 fully saturated rings. The monoisotopic (exact) mass is 263 g/mol. The number of aliphatic hydroxyl groups is 1. The van der Waals surface area contributed by atoms with E-state index in [1.807, 2.05) is 13.8 Å². The van der Waals surface area contributed by atoms with Crippen LogP contribution in [-0.4, -0.2) is 43.6 Å². The van der Waals surface area contributed by atoms with Crippen LogP contribution in [0.5, 0.6) is 0 Å². The van der Waals surface area contributed by atoms with Crippen LogP contribution in [0.1, 0.15) is 26.7 Å². The van der Waals surface area contributed by atoms with Gasteiger partial charge in [0, 0.05) is 13.0 Å². The first-order chi connectivity index (χ1) is 7.80. The maximum absolute atomic E-state index is 11.5. The van der Waals surface area contributed by atoms with E-state index in [9.17, 15) is 18.3 Å². The van der Waals surface area contributed by atoms with Crippen molar-refractivity contribution >= 4 is 15.7 Å². The van der Waals surface area contributed by atoms with E-state index >= 15 is 0 Å². The van der Waals surface area contributed by atoms with E-state index in [4.69, 9.17) is 0 Å². The molecule has 0 bridgehead atoms. The van der Waals surface area contributed by atoms with E-state index in [0.717, 1.165) is 0 Å². The summed E-state index contributed by atoms with van der Waals surface area (Å²) in [7, 11) is -2.92. The molecule has 1 aliphatic rings. The highest BCUT2D eigenvalue weighted by Crippen LogP contribution is 2.21. The van der Waals surface area contributed by atoms with Gasteiger partial charge in [-0.05, 0) is 18.3 Å². The smallest absolute Gasteiger partial charge is 0.220 e. The van der Waals surface area contributed by atoms with Crippen molar-refractivity contribution in [1.29, 1.82) is 0 Å². The summed E-state index contributed by atoms with van der Waals surface area (Å²) >= 11 is 0. The lowest BCUT2D eigenvalue weighted by atomic mass is 10.0. The molecule has 1 aliphatic heterocycles. The first-order valence-electron chi connectivity index (χ1n) is 5.95. The molecule has 1 rings (SSSR count). The number of carbonyl (C=O) groups is 1. The number of aliphatic hydroxyl groups excluding tert-OH is 1. The summed E-state index contributed by atoms with van der Waals surface area (Å²) in [6, 6.07) is 0. The predicted molar refractivity (Wildman–Crippen MR) is 65.2 cm³/mol. The Bertz CT molecular complexity index is 364. The third-order valence-corrected chi connectivity index (χ3v) is 4.92. The second-order valence-corrected chi connectivity index (χ2v) is 7.32. The second kappa shape index (κ2) is 5.82. The fourth-order valence-electron chi connectivity index (χ4n) is 1.82. The molecule has 6 heteroatoms. The van der Waals surface area contributed by atoms with Crippen molar-refractivity contribution in [3.05, 3.63) is 0 Å². The first kappa shape index (κ1) is 14.4. The number of amides is 1. The molecular formula is C11H21NO4S. The summed E-state index contributed by atoms with van der Waals surface area (Å²) < 4.78 is 22.4. The minimum Gasteiger partial charge on any atom is -0.391 e. The van der Waals surface area contributed by atoms with Crippen LogP contribution in [0, 0.1) is 11.8 Å². The SMILES string of the molecule is CC(C)C(O)CNC(=O)CC1CCS(=O)(=O)C1. The van der Waals surface area contributed by atoms with E-state index in [0.29, 0.717) is 6.42 Å². The Morgan fingerprint density at radius 3 is 2.59 bits per heavy atom. The van der Waals surface area contributed by atoms with Gasteiger partial charge in [0.05, 0.1) is 17.6 Å². The molecule has 0 aromatic carbocycles. The third-order valence-electron chi connectivity index (χ3n) is 3.08. The van der Waals surface area contributed by atoms with Crippen LogP contribution in [0.4, 0.5) is 0 Å². The summed E-state index contributed by atoms with van der Waals surface area (Å²) in [5.74, 6) is 0.178. The minimum absolute atomic E-state index is 0.0591. The molecule has 2 atom stereocenters. The summed E-state index contributed by atoms with van der Waals surface area (Å²) in [6.45, 7) is 3.98. The molecule has 100 valence electrons. The lowest BCUT2D eigenvalue weighted by molar-refractivity contribution is -0.122. The Morgan fingerprint density at radius 1 is 1.47 bits per heavy atom. The molecule has 0 saturated carbocycles. The van der Waals surface area contributed by atoms with Gasteiger partial charge in [0.25, 0.3) is 0 Å². The molecule has 0 spiro atoms. The van der Waals surface area contributed by atoms with Crippen molar-refractivity contribution in [2.75, 3.05) is 18.1 Å². The predicted octanol–water partition coefficient (Wildman–Crippen LogP) is -0.0557. The van der Waals surface area contributed by atoms with Crippen molar-refractivity contribution in [3.8, 4) is 0 Å². The molecule has 1 amide bonds. The van der Waals surface area contributed by atoms with Gasteiger partial charge >= 0.3 is 0 Å². The standard InChI is InChI=1S/C11H21NO4S/c1-8(2)10(13)6-12-11(14)5-9-3-4-17(15,16)7-9/h8-10,13H,3-7H2,1-2H3,(H,12,14). The topological polar surface area (TPSA) is 83.5 Å². The molecule has 1 heterocycles. The highest BCUT2D eigenvalue weighted by molar-refractivity contribution is 7.91. The average Bonchev–Trinajstić information content (AvgIpc) is 2.54. The van der Waals surface area contributed by atoms with Crippen molar-refractivity contribution in [3.63, 3.8) is 0 Å². The molecule has 1 saturated heterocycles. The summed E-state index contributed by atoms with van der Waals surface area (Å²) in [5, 5.41) is 12.1. The first-order valence-corrected chi connectivity index (χ1v) is 7.77. The van der Waals surface area contributed by atoms with Gasteiger partial charge in [0.15, 0.2) is 9.84 Å². The molecule has 0 aromatic rings. The molecule has 2 N–H and O–H groups in total. The Morgan fingerprint density at radius 2 is 2.12 bits per heavy atom. The highest BCUT2D eigenvalue weighted by atomic mass is 32.2. The summed E-state index contributed by atoms with van der Waals surface area (Å²) in [6.07, 6.45) is 0.262. The molecule has 2 unspecified atom stereocenters. The van der Waals surface area contributed by atoms with Crippen molar-refractivity contribution < 1.29 is 18.3 Å². The molecule has 0 radical (unpaired) electrons. The zero-order chi connectivity index (χ0) is 13.1. The Kier molecular flexibility index (Phi) is 4.94. The molecule has 0 aliphatic carbocycles. The fraction of sp³-hybridized carbons (Fsp3) is 0.909. The van der Waals surface area contributed by atoms with E-state index in [-0.39, 0.29) is 42.2 Å². The number of carbonyl (C=O) groups excluding carboxylic acids is 1. The van der Waals surface area contributed by atoms with Crippen molar-refractivity contribution in [2.45, 2.75) is 32.8 Å². The molecule has 0 aromatic heterocycles. The van der Waals surface area contributed by atoms with Crippen LogP contribution >= 0.6 is 0 Å². The second-order valence-electron chi connectivity index (χ2n) is 5.09. The quantitative estimate of drug-likeness (QED) is 0.728. The van der Waals surface area contributed by atoms with Gasteiger partial charge in [-0.1, -0.05) is 13.8 Å². The Balaban J connectivity index is 2.27. The number of sulfone groups is 1. The maximum Gasteiger partial charge on any atom is 0.220 e. The zero-order valence-corrected chi connectivity index (χ0v) is 11.2. The highest BCUT2D eigenvalue weighted by Gasteiger charge is 2.29. The Labute approximate surface area is 103 Å². The normalized spacial score (nSPS) is 24.8. The molecular weight excluding hydrogens is 242 g/mol. The van der Waals surface area contributed by atoms with E-state index in [1.54, 1.807) is 0 Å². The van der Waals surface area contributed by atoms with Crippen LogP contribution in [0.25, 0.3) is 0 Å². The zero-order valence-electron chi connectivity index (χ0n) is 10.3. The van der Waals surface area contributed by atoms with Gasteiger partial charge in [-0.25, -0.2) is 8.42 Å². The van der Waals surface area contributed by atoms with E-state index in [2.05, 4.69) is 5.32 Å². The lowest BCUT2D eigenvalue weighted by Gasteiger charge is -2.15. The van der Waals surface area contributed by atoms with Crippen LogP contribution in [0.3, 0.4) is 0 Å². The van der Waals surface area contributed by atoms with Crippen LogP contribution in [-0.2, 0) is 14.6 Å². The van der Waals surface area contributed by atoms with E-state index in [1.165, 1.54) is 0 Å². The summed E-state index contributed by atoms with van der Waals surface area (Å²) in [4.78, 5) is 11.5. The largest absolute Gasteiger partial charge is 0.391 e.